The quantitative estimate of drug-likeness (QED) is 0.236. The van der Waals surface area contributed by atoms with Crippen molar-refractivity contribution in [2.75, 3.05) is 13.2 Å². The van der Waals surface area contributed by atoms with Crippen molar-refractivity contribution in [3.8, 4) is 0 Å². The van der Waals surface area contributed by atoms with E-state index in [1.54, 1.807) is 6.92 Å². The Morgan fingerprint density at radius 3 is 2.48 bits per heavy atom. The molecule has 1 aromatic rings. The Labute approximate surface area is 133 Å². The van der Waals surface area contributed by atoms with Gasteiger partial charge in [0.05, 0.1) is 25.7 Å². The summed E-state index contributed by atoms with van der Waals surface area (Å²) in [5, 5.41) is 22.7. The van der Waals surface area contributed by atoms with Gasteiger partial charge in [0.1, 0.15) is 6.10 Å². The van der Waals surface area contributed by atoms with Gasteiger partial charge in [-0.15, -0.1) is 0 Å². The van der Waals surface area contributed by atoms with Gasteiger partial charge in [0.15, 0.2) is 5.78 Å². The Morgan fingerprint density at radius 1 is 1.26 bits per heavy atom. The molecular weight excluding hydrogens is 302 g/mol. The number of carbonyl (C=O) groups excluding carboxylic acids is 2. The molecule has 0 aliphatic carbocycles. The summed E-state index contributed by atoms with van der Waals surface area (Å²) in [6.45, 7) is 1.72. The van der Waals surface area contributed by atoms with Gasteiger partial charge in [-0.1, -0.05) is 29.4 Å². The van der Waals surface area contributed by atoms with Crippen molar-refractivity contribution >= 4 is 11.8 Å². The number of Topliss-reactive ketones (excluding diaryl/α,β-unsaturated/α-hetero) is 1. The minimum Gasteiger partial charge on any atom is -0.466 e. The zero-order valence-electron chi connectivity index (χ0n) is 12.8. The fourth-order valence-corrected chi connectivity index (χ4v) is 1.90. The molecule has 0 amide bonds. The van der Waals surface area contributed by atoms with Gasteiger partial charge in [-0.25, -0.2) is 0 Å². The lowest BCUT2D eigenvalue weighted by Crippen LogP contribution is -2.21. The molecule has 8 nitrogen and oxygen atoms in total. The third kappa shape index (κ3) is 6.07. The lowest BCUT2D eigenvalue weighted by molar-refractivity contribution is -0.143. The highest BCUT2D eigenvalue weighted by molar-refractivity contribution is 5.97. The number of rotatable bonds is 9. The van der Waals surface area contributed by atoms with Crippen LogP contribution < -0.4 is 0 Å². The number of ether oxygens (including phenoxy) is 1. The van der Waals surface area contributed by atoms with Crippen molar-refractivity contribution in [1.29, 1.82) is 0 Å². The lowest BCUT2D eigenvalue weighted by atomic mass is 10.00. The molecule has 0 fully saturated rings. The molecule has 0 aromatic heterocycles. The predicted octanol–water partition coefficient (Wildman–Crippen LogP) is 1.92. The highest BCUT2D eigenvalue weighted by Crippen LogP contribution is 2.18. The van der Waals surface area contributed by atoms with Gasteiger partial charge >= 0.3 is 5.97 Å². The molecule has 1 rings (SSSR count). The number of benzene rings is 1. The van der Waals surface area contributed by atoms with Gasteiger partial charge in [-0.05, 0) is 18.0 Å². The van der Waals surface area contributed by atoms with E-state index in [2.05, 4.69) is 10.0 Å². The van der Waals surface area contributed by atoms with E-state index >= 15 is 0 Å². The van der Waals surface area contributed by atoms with Crippen LogP contribution >= 0.6 is 0 Å². The fourth-order valence-electron chi connectivity index (χ4n) is 1.90. The number of aliphatic hydroxyl groups is 2. The normalized spacial score (nSPS) is 12.8. The van der Waals surface area contributed by atoms with E-state index < -0.39 is 18.2 Å². The summed E-state index contributed by atoms with van der Waals surface area (Å²) in [4.78, 5) is 25.7. The first-order valence-corrected chi connectivity index (χ1v) is 7.15. The summed E-state index contributed by atoms with van der Waals surface area (Å²) in [6, 6.07) is 6.02. The minimum absolute atomic E-state index is 0.0158. The molecule has 23 heavy (non-hydrogen) atoms. The van der Waals surface area contributed by atoms with Crippen LogP contribution in [-0.4, -0.2) is 41.2 Å². The Bertz CT molecular complexity index is 581. The standard InChI is InChI=1S/C15H19N3O5/c1-2-23-14(21)8-7-12(19)10-3-5-11(6-4-10)15(22)13(20)9-17-18-16/h3-6,13,15,20,22H,2,7-9H2,1H3. The van der Waals surface area contributed by atoms with E-state index in [-0.39, 0.29) is 31.8 Å². The molecule has 1 aromatic carbocycles. The molecule has 0 saturated heterocycles. The molecule has 0 aliphatic rings. The maximum absolute atomic E-state index is 11.9. The van der Waals surface area contributed by atoms with Crippen molar-refractivity contribution in [1.82, 2.24) is 0 Å². The molecule has 124 valence electrons. The van der Waals surface area contributed by atoms with Crippen molar-refractivity contribution in [3.05, 3.63) is 45.8 Å². The number of carbonyl (C=O) groups is 2. The van der Waals surface area contributed by atoms with Crippen molar-refractivity contribution in [3.63, 3.8) is 0 Å². The first-order valence-electron chi connectivity index (χ1n) is 7.15. The number of hydrogen-bond donors (Lipinski definition) is 2. The van der Waals surface area contributed by atoms with Crippen LogP contribution in [0.3, 0.4) is 0 Å². The topological polar surface area (TPSA) is 133 Å². The van der Waals surface area contributed by atoms with Gasteiger partial charge in [-0.3, -0.25) is 9.59 Å². The Balaban J connectivity index is 2.63. The van der Waals surface area contributed by atoms with E-state index in [1.807, 2.05) is 0 Å². The zero-order valence-corrected chi connectivity index (χ0v) is 12.8. The molecule has 0 bridgehead atoms. The molecule has 0 heterocycles. The lowest BCUT2D eigenvalue weighted by Gasteiger charge is -2.16. The van der Waals surface area contributed by atoms with Crippen LogP contribution in [0, 0.1) is 0 Å². The Morgan fingerprint density at radius 2 is 1.91 bits per heavy atom. The van der Waals surface area contributed by atoms with Crippen LogP contribution in [0.2, 0.25) is 0 Å². The monoisotopic (exact) mass is 321 g/mol. The third-order valence-corrected chi connectivity index (χ3v) is 3.13. The third-order valence-electron chi connectivity index (χ3n) is 3.13. The molecule has 8 heteroatoms. The maximum Gasteiger partial charge on any atom is 0.306 e. The van der Waals surface area contributed by atoms with Gasteiger partial charge in [-0.2, -0.15) is 0 Å². The number of hydrogen-bond acceptors (Lipinski definition) is 6. The summed E-state index contributed by atoms with van der Waals surface area (Å²) in [5.41, 5.74) is 8.98. The predicted molar refractivity (Wildman–Crippen MR) is 81.6 cm³/mol. The number of azide groups is 1. The van der Waals surface area contributed by atoms with Crippen LogP contribution in [0.1, 0.15) is 41.8 Å². The molecule has 0 radical (unpaired) electrons. The second kappa shape index (κ2) is 9.58. The summed E-state index contributed by atoms with van der Waals surface area (Å²) < 4.78 is 4.75. The molecule has 2 N–H and O–H groups in total. The number of aliphatic hydroxyl groups excluding tert-OH is 2. The second-order valence-corrected chi connectivity index (χ2v) is 4.78. The number of ketones is 1. The number of nitrogens with zero attached hydrogens (tertiary/aromatic N) is 3. The summed E-state index contributed by atoms with van der Waals surface area (Å²) in [6.07, 6.45) is -2.39. The average molecular weight is 321 g/mol. The average Bonchev–Trinajstić information content (AvgIpc) is 2.57. The molecule has 0 spiro atoms. The highest BCUT2D eigenvalue weighted by atomic mass is 16.5. The van der Waals surface area contributed by atoms with Gasteiger partial charge < -0.3 is 14.9 Å². The fraction of sp³-hybridized carbons (Fsp3) is 0.467. The van der Waals surface area contributed by atoms with Crippen molar-refractivity contribution in [2.45, 2.75) is 32.0 Å². The number of esters is 1. The van der Waals surface area contributed by atoms with Crippen LogP contribution in [0.15, 0.2) is 29.4 Å². The summed E-state index contributed by atoms with van der Waals surface area (Å²) in [7, 11) is 0. The highest BCUT2D eigenvalue weighted by Gasteiger charge is 2.18. The first kappa shape index (κ1) is 18.6. The van der Waals surface area contributed by atoms with E-state index in [9.17, 15) is 19.8 Å². The van der Waals surface area contributed by atoms with Gasteiger partial charge in [0.2, 0.25) is 0 Å². The van der Waals surface area contributed by atoms with Crippen molar-refractivity contribution < 1.29 is 24.5 Å². The SMILES string of the molecule is CCOC(=O)CCC(=O)c1ccc(C(O)C(O)CN=[N+]=[N-])cc1. The molecule has 0 aliphatic heterocycles. The molecule has 2 unspecified atom stereocenters. The first-order chi connectivity index (χ1) is 11.0. The largest absolute Gasteiger partial charge is 0.466 e. The second-order valence-electron chi connectivity index (χ2n) is 4.78. The zero-order chi connectivity index (χ0) is 17.2. The minimum atomic E-state index is -1.23. The van der Waals surface area contributed by atoms with E-state index in [1.165, 1.54) is 24.3 Å². The summed E-state index contributed by atoms with van der Waals surface area (Å²) in [5.74, 6) is -0.636. The van der Waals surface area contributed by atoms with E-state index in [0.717, 1.165) is 0 Å². The van der Waals surface area contributed by atoms with Gasteiger partial charge in [0.25, 0.3) is 0 Å². The van der Waals surface area contributed by atoms with Crippen LogP contribution in [-0.2, 0) is 9.53 Å². The van der Waals surface area contributed by atoms with Crippen LogP contribution in [0.25, 0.3) is 10.4 Å². The van der Waals surface area contributed by atoms with E-state index in [0.29, 0.717) is 11.1 Å². The van der Waals surface area contributed by atoms with Crippen LogP contribution in [0.4, 0.5) is 0 Å². The Kier molecular flexibility index (Phi) is 7.76. The maximum atomic E-state index is 11.9. The smallest absolute Gasteiger partial charge is 0.306 e. The molecule has 0 saturated carbocycles. The van der Waals surface area contributed by atoms with E-state index in [4.69, 9.17) is 10.3 Å². The van der Waals surface area contributed by atoms with Crippen molar-refractivity contribution in [2.24, 2.45) is 5.11 Å². The van der Waals surface area contributed by atoms with Crippen LogP contribution in [0.5, 0.6) is 0 Å². The van der Waals surface area contributed by atoms with Gasteiger partial charge in [0, 0.05) is 16.9 Å². The Hall–Kier alpha value is -2.41. The molecule has 2 atom stereocenters. The molecular formula is C15H19N3O5. The summed E-state index contributed by atoms with van der Waals surface area (Å²) >= 11 is 0.